The minimum atomic E-state index is -1.26. The van der Waals surface area contributed by atoms with Crippen molar-refractivity contribution >= 4 is 23.7 Å². The molecule has 180 valence electrons. The highest BCUT2D eigenvalue weighted by Crippen LogP contribution is 2.44. The van der Waals surface area contributed by atoms with Gasteiger partial charge in [-0.3, -0.25) is 4.99 Å². The fourth-order valence-electron chi connectivity index (χ4n) is 3.41. The molecule has 6 heteroatoms. The lowest BCUT2D eigenvalue weighted by molar-refractivity contribution is -0.134. The number of allylic oxidation sites excluding steroid dienone is 1. The van der Waals surface area contributed by atoms with Crippen LogP contribution in [-0.4, -0.2) is 40.0 Å². The third kappa shape index (κ3) is 6.91. The van der Waals surface area contributed by atoms with E-state index in [0.29, 0.717) is 12.2 Å². The van der Waals surface area contributed by atoms with Crippen LogP contribution in [0, 0.1) is 0 Å². The first kappa shape index (κ1) is 26.6. The molecule has 6 nitrogen and oxygen atoms in total. The maximum absolute atomic E-state index is 9.55. The SMILES string of the molecule is CCCOc1ccc2c(c1)C(C)(C)C(C)(C)N=C2C=Cc1ccccc1.O=C(O)/C=C/C(=O)O. The first-order valence-corrected chi connectivity index (χ1v) is 11.2. The summed E-state index contributed by atoms with van der Waals surface area (Å²) in [5.74, 6) is -1.57. The van der Waals surface area contributed by atoms with Crippen molar-refractivity contribution in [2.24, 2.45) is 4.99 Å². The summed E-state index contributed by atoms with van der Waals surface area (Å²) < 4.78 is 5.89. The molecule has 0 aromatic heterocycles. The van der Waals surface area contributed by atoms with E-state index >= 15 is 0 Å². The Morgan fingerprint density at radius 3 is 2.12 bits per heavy atom. The monoisotopic (exact) mass is 463 g/mol. The van der Waals surface area contributed by atoms with Crippen LogP contribution in [0.1, 0.15) is 57.7 Å². The van der Waals surface area contributed by atoms with Crippen molar-refractivity contribution in [2.45, 2.75) is 52.0 Å². The zero-order chi connectivity index (χ0) is 25.4. The van der Waals surface area contributed by atoms with Gasteiger partial charge in [0.15, 0.2) is 0 Å². The molecule has 0 bridgehead atoms. The predicted octanol–water partition coefficient (Wildman–Crippen LogP) is 5.76. The molecule has 0 saturated carbocycles. The maximum atomic E-state index is 9.55. The molecule has 0 unspecified atom stereocenters. The van der Waals surface area contributed by atoms with Gasteiger partial charge in [-0.05, 0) is 55.7 Å². The Balaban J connectivity index is 0.000000440. The van der Waals surface area contributed by atoms with Gasteiger partial charge in [-0.15, -0.1) is 0 Å². The van der Waals surface area contributed by atoms with E-state index < -0.39 is 11.9 Å². The zero-order valence-electron chi connectivity index (χ0n) is 20.4. The number of fused-ring (bicyclic) bond motifs is 1. The van der Waals surface area contributed by atoms with Gasteiger partial charge in [0.2, 0.25) is 0 Å². The number of benzene rings is 2. The van der Waals surface area contributed by atoms with Crippen molar-refractivity contribution in [3.63, 3.8) is 0 Å². The van der Waals surface area contributed by atoms with Gasteiger partial charge in [-0.1, -0.05) is 57.2 Å². The number of nitrogens with zero attached hydrogens (tertiary/aromatic N) is 1. The molecule has 1 heterocycles. The van der Waals surface area contributed by atoms with Crippen LogP contribution in [-0.2, 0) is 15.0 Å². The third-order valence-corrected chi connectivity index (χ3v) is 5.94. The van der Waals surface area contributed by atoms with Crippen molar-refractivity contribution in [2.75, 3.05) is 6.61 Å². The van der Waals surface area contributed by atoms with Gasteiger partial charge < -0.3 is 14.9 Å². The Kier molecular flexibility index (Phi) is 8.96. The number of hydrogen-bond acceptors (Lipinski definition) is 4. The largest absolute Gasteiger partial charge is 0.494 e. The number of rotatable bonds is 7. The first-order chi connectivity index (χ1) is 16.0. The van der Waals surface area contributed by atoms with Crippen LogP contribution in [0.4, 0.5) is 0 Å². The Labute approximate surface area is 201 Å². The number of ether oxygens (including phenoxy) is 1. The molecule has 0 amide bonds. The van der Waals surface area contributed by atoms with E-state index in [9.17, 15) is 9.59 Å². The standard InChI is InChI=1S/C24H29NO.C4H4O4/c1-6-16-26-19-13-14-20-21(17-19)23(2,3)24(4,5)25-22(20)15-12-18-10-8-7-9-11-18;5-3(6)1-2-4(7)8/h7-15,17H,6,16H2,1-5H3;1-2H,(H,5,6)(H,7,8)/b;2-1+. The van der Waals surface area contributed by atoms with Gasteiger partial charge in [0.05, 0.1) is 17.9 Å². The van der Waals surface area contributed by atoms with Crippen molar-refractivity contribution in [3.05, 3.63) is 83.4 Å². The molecular weight excluding hydrogens is 430 g/mol. The first-order valence-electron chi connectivity index (χ1n) is 11.2. The maximum Gasteiger partial charge on any atom is 0.328 e. The summed E-state index contributed by atoms with van der Waals surface area (Å²) in [6.07, 6.45) is 6.40. The van der Waals surface area contributed by atoms with E-state index in [1.807, 2.05) is 6.07 Å². The van der Waals surface area contributed by atoms with E-state index in [1.165, 1.54) is 16.7 Å². The quantitative estimate of drug-likeness (QED) is 0.509. The summed E-state index contributed by atoms with van der Waals surface area (Å²) >= 11 is 0. The summed E-state index contributed by atoms with van der Waals surface area (Å²) in [7, 11) is 0. The summed E-state index contributed by atoms with van der Waals surface area (Å²) in [6.45, 7) is 11.9. The molecule has 3 rings (SSSR count). The molecule has 1 aliphatic heterocycles. The second-order valence-corrected chi connectivity index (χ2v) is 8.99. The van der Waals surface area contributed by atoms with Crippen molar-refractivity contribution in [1.82, 2.24) is 0 Å². The van der Waals surface area contributed by atoms with Crippen LogP contribution in [0.2, 0.25) is 0 Å². The molecule has 34 heavy (non-hydrogen) atoms. The number of aliphatic carboxylic acids is 2. The molecule has 1 aliphatic rings. The van der Waals surface area contributed by atoms with E-state index in [4.69, 9.17) is 19.9 Å². The lowest BCUT2D eigenvalue weighted by Crippen LogP contribution is -2.45. The highest BCUT2D eigenvalue weighted by atomic mass is 16.5. The smallest absolute Gasteiger partial charge is 0.328 e. The highest BCUT2D eigenvalue weighted by molar-refractivity contribution is 6.13. The van der Waals surface area contributed by atoms with E-state index in [-0.39, 0.29) is 11.0 Å². The zero-order valence-corrected chi connectivity index (χ0v) is 20.4. The number of carbonyl (C=O) groups is 2. The molecule has 2 aromatic rings. The molecule has 0 atom stereocenters. The van der Waals surface area contributed by atoms with Crippen LogP contribution in [0.15, 0.2) is 71.8 Å². The van der Waals surface area contributed by atoms with Gasteiger partial charge >= 0.3 is 11.9 Å². The second kappa shape index (κ2) is 11.5. The molecule has 2 aromatic carbocycles. The molecule has 2 N–H and O–H groups in total. The Morgan fingerprint density at radius 2 is 1.56 bits per heavy atom. The highest BCUT2D eigenvalue weighted by Gasteiger charge is 2.43. The Bertz CT molecular complexity index is 1080. The number of carboxylic acids is 2. The van der Waals surface area contributed by atoms with Crippen LogP contribution in [0.5, 0.6) is 5.75 Å². The number of aliphatic imine (C=N–C) groups is 1. The Morgan fingerprint density at radius 1 is 0.941 bits per heavy atom. The lowest BCUT2D eigenvalue weighted by Gasteiger charge is -2.44. The van der Waals surface area contributed by atoms with Crippen molar-refractivity contribution in [1.29, 1.82) is 0 Å². The van der Waals surface area contributed by atoms with Crippen LogP contribution < -0.4 is 4.74 Å². The average Bonchev–Trinajstić information content (AvgIpc) is 2.79. The van der Waals surface area contributed by atoms with Crippen LogP contribution in [0.25, 0.3) is 6.08 Å². The normalized spacial score (nSPS) is 15.7. The van der Waals surface area contributed by atoms with Gasteiger partial charge in [-0.2, -0.15) is 0 Å². The second-order valence-electron chi connectivity index (χ2n) is 8.99. The average molecular weight is 464 g/mol. The van der Waals surface area contributed by atoms with Crippen LogP contribution >= 0.6 is 0 Å². The molecular formula is C28H33NO5. The third-order valence-electron chi connectivity index (χ3n) is 5.94. The number of carboxylic acid groups (broad SMARTS) is 2. The fraction of sp³-hybridized carbons (Fsp3) is 0.321. The summed E-state index contributed by atoms with van der Waals surface area (Å²) in [4.78, 5) is 24.2. The number of hydrogen-bond donors (Lipinski definition) is 2. The molecule has 0 aliphatic carbocycles. The van der Waals surface area contributed by atoms with Gasteiger partial charge in [0, 0.05) is 23.1 Å². The molecule has 0 saturated heterocycles. The minimum Gasteiger partial charge on any atom is -0.494 e. The molecule has 0 fully saturated rings. The van der Waals surface area contributed by atoms with E-state index in [0.717, 1.165) is 24.5 Å². The van der Waals surface area contributed by atoms with Gasteiger partial charge in [-0.25, -0.2) is 9.59 Å². The van der Waals surface area contributed by atoms with E-state index in [1.54, 1.807) is 0 Å². The Hall–Kier alpha value is -3.67. The molecule has 0 radical (unpaired) electrons. The van der Waals surface area contributed by atoms with E-state index in [2.05, 4.69) is 89.2 Å². The predicted molar refractivity (Wildman–Crippen MR) is 136 cm³/mol. The lowest BCUT2D eigenvalue weighted by atomic mass is 9.66. The topological polar surface area (TPSA) is 96.2 Å². The van der Waals surface area contributed by atoms with Crippen molar-refractivity contribution < 1.29 is 24.5 Å². The molecule has 0 spiro atoms. The summed E-state index contributed by atoms with van der Waals surface area (Å²) in [6, 6.07) is 16.8. The minimum absolute atomic E-state index is 0.0714. The van der Waals surface area contributed by atoms with Gasteiger partial charge in [0.25, 0.3) is 0 Å². The summed E-state index contributed by atoms with van der Waals surface area (Å²) in [5, 5.41) is 15.6. The summed E-state index contributed by atoms with van der Waals surface area (Å²) in [5.41, 5.74) is 4.46. The van der Waals surface area contributed by atoms with Crippen LogP contribution in [0.3, 0.4) is 0 Å². The fourth-order valence-corrected chi connectivity index (χ4v) is 3.41. The van der Waals surface area contributed by atoms with Gasteiger partial charge in [0.1, 0.15) is 5.75 Å². The van der Waals surface area contributed by atoms with Crippen molar-refractivity contribution in [3.8, 4) is 5.75 Å².